The van der Waals surface area contributed by atoms with Crippen LogP contribution in [0.2, 0.25) is 0 Å². The molecule has 2 aliphatic heterocycles. The summed E-state index contributed by atoms with van der Waals surface area (Å²) < 4.78 is 51.1. The summed E-state index contributed by atoms with van der Waals surface area (Å²) in [4.78, 5) is 26.3. The van der Waals surface area contributed by atoms with E-state index in [1.54, 1.807) is 11.8 Å². The highest BCUT2D eigenvalue weighted by molar-refractivity contribution is 7.89. The average molecular weight is 457 g/mol. The summed E-state index contributed by atoms with van der Waals surface area (Å²) in [7, 11) is -2.60. The predicted molar refractivity (Wildman–Crippen MR) is 110 cm³/mol. The number of carbonyl (C=O) groups excluding carboxylic acids is 2. The molecule has 2 saturated heterocycles. The topological polar surface area (TPSA) is 93.2 Å². The Bertz CT molecular complexity index is 906. The van der Waals surface area contributed by atoms with Crippen LogP contribution in [0.15, 0.2) is 23.1 Å². The van der Waals surface area contributed by atoms with Gasteiger partial charge in [0.25, 0.3) is 0 Å². The zero-order valence-corrected chi connectivity index (χ0v) is 18.7. The van der Waals surface area contributed by atoms with Crippen molar-refractivity contribution in [1.29, 1.82) is 0 Å². The van der Waals surface area contributed by atoms with Gasteiger partial charge in [0.2, 0.25) is 15.9 Å². The van der Waals surface area contributed by atoms with E-state index in [4.69, 9.17) is 9.47 Å². The summed E-state index contributed by atoms with van der Waals surface area (Å²) >= 11 is 0. The van der Waals surface area contributed by atoms with E-state index in [1.807, 2.05) is 0 Å². The van der Waals surface area contributed by atoms with Crippen LogP contribution in [-0.2, 0) is 24.3 Å². The van der Waals surface area contributed by atoms with Crippen molar-refractivity contribution in [3.05, 3.63) is 24.0 Å². The number of methoxy groups -OCH3 is 1. The second kappa shape index (κ2) is 9.95. The Labute approximate surface area is 182 Å². The van der Waals surface area contributed by atoms with Crippen LogP contribution in [0.25, 0.3) is 0 Å². The molecule has 0 saturated carbocycles. The van der Waals surface area contributed by atoms with Gasteiger partial charge in [-0.25, -0.2) is 12.8 Å². The molecule has 1 amide bonds. The molecule has 1 aromatic carbocycles. The molecule has 8 nitrogen and oxygen atoms in total. The first-order chi connectivity index (χ1) is 14.8. The maximum atomic E-state index is 13.7. The molecule has 3 rings (SSSR count). The molecular formula is C21H29FN2O6S. The highest BCUT2D eigenvalue weighted by Crippen LogP contribution is 2.31. The van der Waals surface area contributed by atoms with E-state index in [2.05, 4.69) is 0 Å². The molecule has 172 valence electrons. The number of carbonyl (C=O) groups is 2. The predicted octanol–water partition coefficient (Wildman–Crippen LogP) is 2.04. The summed E-state index contributed by atoms with van der Waals surface area (Å²) in [5.41, 5.74) is 0. The molecule has 0 bridgehead atoms. The number of amides is 1. The molecule has 0 unspecified atom stereocenters. The Morgan fingerprint density at radius 3 is 2.26 bits per heavy atom. The van der Waals surface area contributed by atoms with E-state index in [-0.39, 0.29) is 47.4 Å². The third kappa shape index (κ3) is 5.17. The molecule has 2 fully saturated rings. The van der Waals surface area contributed by atoms with Crippen molar-refractivity contribution in [1.82, 2.24) is 9.21 Å². The van der Waals surface area contributed by atoms with Crippen molar-refractivity contribution < 1.29 is 31.9 Å². The van der Waals surface area contributed by atoms with E-state index in [0.29, 0.717) is 45.4 Å². The number of rotatable bonds is 6. The van der Waals surface area contributed by atoms with Crippen LogP contribution in [0, 0.1) is 17.7 Å². The Balaban J connectivity index is 1.58. The number of piperidine rings is 2. The monoisotopic (exact) mass is 456 g/mol. The number of ether oxygens (including phenoxy) is 2. The van der Waals surface area contributed by atoms with Gasteiger partial charge in [0.15, 0.2) is 0 Å². The number of halogens is 1. The number of hydrogen-bond acceptors (Lipinski definition) is 6. The van der Waals surface area contributed by atoms with Crippen LogP contribution in [0.3, 0.4) is 0 Å². The quantitative estimate of drug-likeness (QED) is 0.608. The summed E-state index contributed by atoms with van der Waals surface area (Å²) in [5.74, 6) is -1.21. The van der Waals surface area contributed by atoms with Crippen molar-refractivity contribution in [3.63, 3.8) is 0 Å². The van der Waals surface area contributed by atoms with Crippen LogP contribution in [0.1, 0.15) is 32.6 Å². The van der Waals surface area contributed by atoms with Gasteiger partial charge in [0, 0.05) is 32.1 Å². The van der Waals surface area contributed by atoms with Gasteiger partial charge in [0.05, 0.1) is 19.6 Å². The van der Waals surface area contributed by atoms with Gasteiger partial charge in [-0.3, -0.25) is 9.59 Å². The van der Waals surface area contributed by atoms with Gasteiger partial charge < -0.3 is 14.4 Å². The zero-order valence-electron chi connectivity index (χ0n) is 17.9. The van der Waals surface area contributed by atoms with Crippen LogP contribution in [-0.4, -0.2) is 69.4 Å². The average Bonchev–Trinajstić information content (AvgIpc) is 2.79. The number of esters is 1. The molecule has 2 aliphatic rings. The van der Waals surface area contributed by atoms with Crippen molar-refractivity contribution >= 4 is 21.9 Å². The highest BCUT2D eigenvalue weighted by Gasteiger charge is 2.36. The standard InChI is InChI=1S/C21H29FN2O6S/c1-3-30-21(26)16-6-10-23(11-7-16)20(25)15-8-12-24(13-9-15)31(27,28)19-14-17(22)4-5-18(19)29-2/h4-5,14-16H,3,6-13H2,1-2H3. The van der Waals surface area contributed by atoms with Crippen LogP contribution in [0.5, 0.6) is 5.75 Å². The summed E-state index contributed by atoms with van der Waals surface area (Å²) in [6.45, 7) is 3.48. The number of nitrogens with zero attached hydrogens (tertiary/aromatic N) is 2. The van der Waals surface area contributed by atoms with Gasteiger partial charge in [-0.05, 0) is 50.8 Å². The molecule has 0 aliphatic carbocycles. The first-order valence-electron chi connectivity index (χ1n) is 10.6. The fourth-order valence-corrected chi connectivity index (χ4v) is 5.83. The second-order valence-electron chi connectivity index (χ2n) is 7.83. The van der Waals surface area contributed by atoms with Gasteiger partial charge in [-0.15, -0.1) is 0 Å². The number of sulfonamides is 1. The van der Waals surface area contributed by atoms with Crippen molar-refractivity contribution in [2.24, 2.45) is 11.8 Å². The van der Waals surface area contributed by atoms with E-state index >= 15 is 0 Å². The minimum Gasteiger partial charge on any atom is -0.495 e. The number of likely N-dealkylation sites (tertiary alicyclic amines) is 1. The molecule has 1 aromatic rings. The molecule has 0 radical (unpaired) electrons. The molecule has 31 heavy (non-hydrogen) atoms. The summed E-state index contributed by atoms with van der Waals surface area (Å²) in [6.07, 6.45) is 1.95. The number of hydrogen-bond donors (Lipinski definition) is 0. The molecule has 0 atom stereocenters. The van der Waals surface area contributed by atoms with Crippen LogP contribution < -0.4 is 4.74 Å². The Kier molecular flexibility index (Phi) is 7.53. The molecule has 0 spiro atoms. The normalized spacial score (nSPS) is 19.3. The third-order valence-corrected chi connectivity index (χ3v) is 7.89. The fourth-order valence-electron chi connectivity index (χ4n) is 4.19. The molecular weight excluding hydrogens is 427 g/mol. The Morgan fingerprint density at radius 1 is 1.06 bits per heavy atom. The SMILES string of the molecule is CCOC(=O)C1CCN(C(=O)C2CCN(S(=O)(=O)c3cc(F)ccc3OC)CC2)CC1. The lowest BCUT2D eigenvalue weighted by atomic mass is 9.92. The van der Waals surface area contributed by atoms with Gasteiger partial charge in [0.1, 0.15) is 16.5 Å². The molecule has 10 heteroatoms. The Hall–Kier alpha value is -2.20. The smallest absolute Gasteiger partial charge is 0.309 e. The summed E-state index contributed by atoms with van der Waals surface area (Å²) in [5, 5.41) is 0. The second-order valence-corrected chi connectivity index (χ2v) is 9.73. The molecule has 0 aromatic heterocycles. The van der Waals surface area contributed by atoms with Gasteiger partial charge in [-0.1, -0.05) is 0 Å². The molecule has 0 N–H and O–H groups in total. The Morgan fingerprint density at radius 2 is 1.68 bits per heavy atom. The summed E-state index contributed by atoms with van der Waals surface area (Å²) in [6, 6.07) is 3.39. The van der Waals surface area contributed by atoms with E-state index in [9.17, 15) is 22.4 Å². The maximum Gasteiger partial charge on any atom is 0.309 e. The fraction of sp³-hybridized carbons (Fsp3) is 0.619. The third-order valence-electron chi connectivity index (χ3n) is 5.97. The van der Waals surface area contributed by atoms with Crippen molar-refractivity contribution in [2.45, 2.75) is 37.5 Å². The molecule has 2 heterocycles. The first kappa shape index (κ1) is 23.5. The van der Waals surface area contributed by atoms with E-state index in [1.165, 1.54) is 17.5 Å². The van der Waals surface area contributed by atoms with Crippen molar-refractivity contribution in [3.8, 4) is 5.75 Å². The maximum absolute atomic E-state index is 13.7. The van der Waals surface area contributed by atoms with E-state index in [0.717, 1.165) is 12.1 Å². The van der Waals surface area contributed by atoms with Crippen LogP contribution in [0.4, 0.5) is 4.39 Å². The van der Waals surface area contributed by atoms with Gasteiger partial charge >= 0.3 is 5.97 Å². The first-order valence-corrected chi connectivity index (χ1v) is 12.0. The lowest BCUT2D eigenvalue weighted by molar-refractivity contribution is -0.152. The minimum atomic E-state index is -3.93. The zero-order chi connectivity index (χ0) is 22.6. The lowest BCUT2D eigenvalue weighted by Gasteiger charge is -2.36. The van der Waals surface area contributed by atoms with E-state index < -0.39 is 15.8 Å². The largest absolute Gasteiger partial charge is 0.495 e. The minimum absolute atomic E-state index is 0.00249. The van der Waals surface area contributed by atoms with Gasteiger partial charge in [-0.2, -0.15) is 4.31 Å². The lowest BCUT2D eigenvalue weighted by Crippen LogP contribution is -2.47. The highest BCUT2D eigenvalue weighted by atomic mass is 32.2. The van der Waals surface area contributed by atoms with Crippen molar-refractivity contribution in [2.75, 3.05) is 39.9 Å². The van der Waals surface area contributed by atoms with Crippen LogP contribution >= 0.6 is 0 Å². The number of benzene rings is 1.